The Bertz CT molecular complexity index is 412. The van der Waals surface area contributed by atoms with Gasteiger partial charge in [0.1, 0.15) is 6.54 Å². The van der Waals surface area contributed by atoms with E-state index in [0.29, 0.717) is 0 Å². The zero-order valence-electron chi connectivity index (χ0n) is 6.97. The van der Waals surface area contributed by atoms with Crippen LogP contribution in [0.2, 0.25) is 0 Å². The highest BCUT2D eigenvalue weighted by Gasteiger charge is 2.00. The van der Waals surface area contributed by atoms with Crippen LogP contribution < -0.4 is 0 Å². The van der Waals surface area contributed by atoms with Gasteiger partial charge in [-0.25, -0.2) is 0 Å². The molecule has 1 aromatic heterocycles. The van der Waals surface area contributed by atoms with E-state index in [9.17, 15) is 4.79 Å². The second-order valence-corrected chi connectivity index (χ2v) is 2.95. The fraction of sp³-hybridized carbons (Fsp3) is 0.100. The van der Waals surface area contributed by atoms with E-state index in [-0.39, 0.29) is 6.54 Å². The number of carboxylic acids is 1. The van der Waals surface area contributed by atoms with Crippen molar-refractivity contribution in [3.63, 3.8) is 0 Å². The minimum Gasteiger partial charge on any atom is -0.480 e. The second kappa shape index (κ2) is 2.94. The summed E-state index contributed by atoms with van der Waals surface area (Å²) in [7, 11) is 0. The lowest BCUT2D eigenvalue weighted by Gasteiger charge is -1.93. The summed E-state index contributed by atoms with van der Waals surface area (Å²) in [6, 6.07) is 7.81. The highest BCUT2D eigenvalue weighted by Crippen LogP contribution is 2.13. The number of fused-ring (bicyclic) bond motifs is 1. The SMILES string of the molecule is O=C(O)Cn1cc2ccccc2c1. The molecule has 0 atom stereocenters. The number of hydrogen-bond acceptors (Lipinski definition) is 1. The van der Waals surface area contributed by atoms with E-state index in [1.807, 2.05) is 36.7 Å². The first kappa shape index (κ1) is 7.86. The van der Waals surface area contributed by atoms with Gasteiger partial charge in [0.25, 0.3) is 0 Å². The number of aromatic nitrogens is 1. The third-order valence-corrected chi connectivity index (χ3v) is 1.92. The average Bonchev–Trinajstić information content (AvgIpc) is 2.44. The lowest BCUT2D eigenvalue weighted by molar-refractivity contribution is -0.137. The highest BCUT2D eigenvalue weighted by molar-refractivity contribution is 5.82. The summed E-state index contributed by atoms with van der Waals surface area (Å²) in [6.45, 7) is 0.0225. The van der Waals surface area contributed by atoms with Crippen molar-refractivity contribution in [2.75, 3.05) is 0 Å². The first-order chi connectivity index (χ1) is 6.25. The summed E-state index contributed by atoms with van der Waals surface area (Å²) in [5.74, 6) is -0.819. The molecule has 2 rings (SSSR count). The van der Waals surface area contributed by atoms with Gasteiger partial charge in [0.15, 0.2) is 0 Å². The fourth-order valence-electron chi connectivity index (χ4n) is 1.39. The summed E-state index contributed by atoms with van der Waals surface area (Å²) >= 11 is 0. The standard InChI is InChI=1S/C10H9NO2/c12-10(13)7-11-5-8-3-1-2-4-9(8)6-11/h1-6H,7H2,(H,12,13). The maximum Gasteiger partial charge on any atom is 0.323 e. The molecule has 0 saturated heterocycles. The minimum absolute atomic E-state index is 0.0225. The van der Waals surface area contributed by atoms with Crippen molar-refractivity contribution < 1.29 is 9.90 Å². The maximum atomic E-state index is 10.4. The van der Waals surface area contributed by atoms with Crippen LogP contribution in [0.3, 0.4) is 0 Å². The second-order valence-electron chi connectivity index (χ2n) is 2.95. The molecule has 3 nitrogen and oxygen atoms in total. The number of benzene rings is 1. The zero-order chi connectivity index (χ0) is 9.26. The highest BCUT2D eigenvalue weighted by atomic mass is 16.4. The molecule has 0 radical (unpaired) electrons. The molecule has 13 heavy (non-hydrogen) atoms. The molecule has 2 aromatic rings. The molecule has 0 bridgehead atoms. The molecule has 0 aliphatic heterocycles. The topological polar surface area (TPSA) is 42.2 Å². The van der Waals surface area contributed by atoms with Crippen LogP contribution >= 0.6 is 0 Å². The molecular weight excluding hydrogens is 166 g/mol. The van der Waals surface area contributed by atoms with E-state index in [1.165, 1.54) is 0 Å². The maximum absolute atomic E-state index is 10.4. The first-order valence-corrected chi connectivity index (χ1v) is 4.02. The number of rotatable bonds is 2. The fourth-order valence-corrected chi connectivity index (χ4v) is 1.39. The van der Waals surface area contributed by atoms with E-state index in [2.05, 4.69) is 0 Å². The molecule has 0 unspecified atom stereocenters. The number of aliphatic carboxylic acids is 1. The monoisotopic (exact) mass is 175 g/mol. The van der Waals surface area contributed by atoms with Gasteiger partial charge in [0.2, 0.25) is 0 Å². The molecule has 0 saturated carbocycles. The lowest BCUT2D eigenvalue weighted by Crippen LogP contribution is -2.05. The molecule has 0 fully saturated rings. The van der Waals surface area contributed by atoms with Gasteiger partial charge in [-0.05, 0) is 10.8 Å². The van der Waals surface area contributed by atoms with Crippen LogP contribution in [-0.2, 0) is 11.3 Å². The molecule has 1 N–H and O–H groups in total. The van der Waals surface area contributed by atoms with Crippen molar-refractivity contribution in [3.8, 4) is 0 Å². The Morgan fingerprint density at radius 1 is 1.23 bits per heavy atom. The molecular formula is C10H9NO2. The van der Waals surface area contributed by atoms with E-state index in [4.69, 9.17) is 5.11 Å². The smallest absolute Gasteiger partial charge is 0.323 e. The first-order valence-electron chi connectivity index (χ1n) is 4.02. The van der Waals surface area contributed by atoms with E-state index in [0.717, 1.165) is 10.8 Å². The van der Waals surface area contributed by atoms with Crippen molar-refractivity contribution >= 4 is 16.7 Å². The number of carboxylic acid groups (broad SMARTS) is 1. The van der Waals surface area contributed by atoms with Gasteiger partial charge in [-0.1, -0.05) is 24.3 Å². The molecule has 66 valence electrons. The van der Waals surface area contributed by atoms with Crippen molar-refractivity contribution in [2.45, 2.75) is 6.54 Å². The van der Waals surface area contributed by atoms with Gasteiger partial charge in [-0.3, -0.25) is 4.79 Å². The summed E-state index contributed by atoms with van der Waals surface area (Å²) in [6.07, 6.45) is 3.67. The van der Waals surface area contributed by atoms with Crippen molar-refractivity contribution in [1.82, 2.24) is 4.57 Å². The van der Waals surface area contributed by atoms with Crippen LogP contribution in [0.5, 0.6) is 0 Å². The number of carbonyl (C=O) groups is 1. The van der Waals surface area contributed by atoms with Gasteiger partial charge in [0.05, 0.1) is 0 Å². The lowest BCUT2D eigenvalue weighted by atomic mass is 10.2. The zero-order valence-corrected chi connectivity index (χ0v) is 6.97. The van der Waals surface area contributed by atoms with Crippen LogP contribution in [0.15, 0.2) is 36.7 Å². The Hall–Kier alpha value is -1.77. The minimum atomic E-state index is -0.819. The van der Waals surface area contributed by atoms with Crippen LogP contribution in [0, 0.1) is 0 Å². The molecule has 0 amide bonds. The van der Waals surface area contributed by atoms with Gasteiger partial charge >= 0.3 is 5.97 Å². The Kier molecular flexibility index (Phi) is 1.77. The summed E-state index contributed by atoms with van der Waals surface area (Å²) < 4.78 is 1.67. The van der Waals surface area contributed by atoms with Crippen LogP contribution in [-0.4, -0.2) is 15.6 Å². The average molecular weight is 175 g/mol. The van der Waals surface area contributed by atoms with Crippen molar-refractivity contribution in [3.05, 3.63) is 36.7 Å². The Morgan fingerprint density at radius 3 is 2.23 bits per heavy atom. The summed E-state index contributed by atoms with van der Waals surface area (Å²) in [5.41, 5.74) is 0. The quantitative estimate of drug-likeness (QED) is 0.755. The third-order valence-electron chi connectivity index (χ3n) is 1.92. The largest absolute Gasteiger partial charge is 0.480 e. The van der Waals surface area contributed by atoms with E-state index >= 15 is 0 Å². The molecule has 0 aliphatic carbocycles. The molecule has 0 spiro atoms. The molecule has 0 aliphatic rings. The van der Waals surface area contributed by atoms with Crippen LogP contribution in [0.4, 0.5) is 0 Å². The molecule has 3 heteroatoms. The van der Waals surface area contributed by atoms with Gasteiger partial charge in [0, 0.05) is 12.4 Å². The number of hydrogen-bond donors (Lipinski definition) is 1. The van der Waals surface area contributed by atoms with Crippen molar-refractivity contribution in [1.29, 1.82) is 0 Å². The van der Waals surface area contributed by atoms with Crippen molar-refractivity contribution in [2.24, 2.45) is 0 Å². The van der Waals surface area contributed by atoms with Crippen LogP contribution in [0.25, 0.3) is 10.8 Å². The Balaban J connectivity index is 2.44. The normalized spacial score (nSPS) is 10.5. The summed E-state index contributed by atoms with van der Waals surface area (Å²) in [4.78, 5) is 10.4. The molecule has 1 aromatic carbocycles. The van der Waals surface area contributed by atoms with Gasteiger partial charge in [-0.2, -0.15) is 0 Å². The Morgan fingerprint density at radius 2 is 1.77 bits per heavy atom. The molecule has 1 heterocycles. The van der Waals surface area contributed by atoms with E-state index in [1.54, 1.807) is 4.57 Å². The van der Waals surface area contributed by atoms with E-state index < -0.39 is 5.97 Å². The number of nitrogens with zero attached hydrogens (tertiary/aromatic N) is 1. The predicted molar refractivity (Wildman–Crippen MR) is 49.6 cm³/mol. The van der Waals surface area contributed by atoms with Crippen LogP contribution in [0.1, 0.15) is 0 Å². The van der Waals surface area contributed by atoms with Gasteiger partial charge < -0.3 is 9.67 Å². The summed E-state index contributed by atoms with van der Waals surface area (Å²) in [5, 5.41) is 10.7. The Labute approximate surface area is 75.2 Å². The van der Waals surface area contributed by atoms with Gasteiger partial charge in [-0.15, -0.1) is 0 Å². The predicted octanol–water partition coefficient (Wildman–Crippen LogP) is 1.73. The third kappa shape index (κ3) is 1.54.